The highest BCUT2D eigenvalue weighted by Gasteiger charge is 2.28. The molecule has 2 unspecified atom stereocenters. The van der Waals surface area contributed by atoms with Gasteiger partial charge in [0.1, 0.15) is 17.4 Å². The minimum absolute atomic E-state index is 0.147. The molecule has 2 aliphatic carbocycles. The van der Waals surface area contributed by atoms with Crippen LogP contribution in [0.4, 0.5) is 8.78 Å². The molecule has 1 fully saturated rings. The number of ketones is 1. The average molecular weight is 458 g/mol. The van der Waals surface area contributed by atoms with Gasteiger partial charge in [0.2, 0.25) is 0 Å². The average Bonchev–Trinajstić information content (AvgIpc) is 2.86. The molecular weight excluding hydrogens is 428 g/mol. The number of benzene rings is 2. The van der Waals surface area contributed by atoms with Crippen molar-refractivity contribution in [1.29, 1.82) is 0 Å². The number of pyridine rings is 1. The van der Waals surface area contributed by atoms with E-state index in [1.165, 1.54) is 40.6 Å². The molecule has 0 saturated heterocycles. The molecule has 4 heteroatoms. The van der Waals surface area contributed by atoms with Crippen molar-refractivity contribution in [3.8, 4) is 0 Å². The van der Waals surface area contributed by atoms with Crippen LogP contribution in [0.1, 0.15) is 77.5 Å². The maximum atomic E-state index is 13.9. The predicted molar refractivity (Wildman–Crippen MR) is 131 cm³/mol. The van der Waals surface area contributed by atoms with Crippen LogP contribution in [-0.2, 0) is 24.1 Å². The topological polar surface area (TPSA) is 30.0 Å². The number of aromatic nitrogens is 1. The molecular formula is C30H29F2NO. The number of hydrogen-bond donors (Lipinski definition) is 0. The minimum atomic E-state index is -0.665. The van der Waals surface area contributed by atoms with Crippen LogP contribution >= 0.6 is 0 Å². The Kier molecular flexibility index (Phi) is 6.66. The SMILES string of the molecule is O=C(Cc1cccc(C2CCCC(c3nccc4c3C=CCC4)C2)c1)Cc1c(F)cccc1F. The lowest BCUT2D eigenvalue weighted by Crippen LogP contribution is -2.16. The van der Waals surface area contributed by atoms with Gasteiger partial charge in [0.05, 0.1) is 5.69 Å². The number of hydrogen-bond acceptors (Lipinski definition) is 2. The van der Waals surface area contributed by atoms with Crippen LogP contribution in [0.3, 0.4) is 0 Å². The second kappa shape index (κ2) is 10.0. The van der Waals surface area contributed by atoms with Gasteiger partial charge in [-0.25, -0.2) is 8.78 Å². The van der Waals surface area contributed by atoms with Crippen LogP contribution in [0.25, 0.3) is 6.08 Å². The summed E-state index contributed by atoms with van der Waals surface area (Å²) in [5.74, 6) is -0.660. The smallest absolute Gasteiger partial charge is 0.141 e. The summed E-state index contributed by atoms with van der Waals surface area (Å²) >= 11 is 0. The van der Waals surface area contributed by atoms with Gasteiger partial charge in [0, 0.05) is 30.5 Å². The zero-order chi connectivity index (χ0) is 23.5. The number of aryl methyl sites for hydroxylation is 1. The van der Waals surface area contributed by atoms with Crippen molar-refractivity contribution in [2.75, 3.05) is 0 Å². The molecule has 2 aliphatic rings. The summed E-state index contributed by atoms with van der Waals surface area (Å²) in [6, 6.07) is 14.0. The number of rotatable bonds is 6. The van der Waals surface area contributed by atoms with Crippen molar-refractivity contribution >= 4 is 11.9 Å². The standard InChI is InChI=1S/C30H29F2NO/c31-28-12-5-13-29(32)27(28)19-25(34)17-20-6-3-8-22(16-20)23-9-4-10-24(18-23)30-26-11-2-1-7-21(26)14-15-33-30/h2-3,5-6,8,11-16,23-24H,1,4,7,9-10,17-19H2. The molecule has 1 aromatic heterocycles. The maximum absolute atomic E-state index is 13.9. The Morgan fingerprint density at radius 2 is 1.76 bits per heavy atom. The Balaban J connectivity index is 1.30. The Hall–Kier alpha value is -3.14. The first-order valence-corrected chi connectivity index (χ1v) is 12.3. The monoisotopic (exact) mass is 457 g/mol. The lowest BCUT2D eigenvalue weighted by Gasteiger charge is -2.31. The molecule has 0 aliphatic heterocycles. The number of carbonyl (C=O) groups is 1. The summed E-state index contributed by atoms with van der Waals surface area (Å²) in [6.45, 7) is 0. The lowest BCUT2D eigenvalue weighted by molar-refractivity contribution is -0.117. The van der Waals surface area contributed by atoms with E-state index in [9.17, 15) is 13.6 Å². The zero-order valence-electron chi connectivity index (χ0n) is 19.3. The first kappa shape index (κ1) is 22.6. The number of carbonyl (C=O) groups excluding carboxylic acids is 1. The van der Waals surface area contributed by atoms with Crippen molar-refractivity contribution in [2.45, 2.75) is 63.2 Å². The fourth-order valence-corrected chi connectivity index (χ4v) is 5.59. The molecule has 0 N–H and O–H groups in total. The molecule has 174 valence electrons. The molecule has 0 amide bonds. The Labute approximate surface area is 199 Å². The molecule has 34 heavy (non-hydrogen) atoms. The summed E-state index contributed by atoms with van der Waals surface area (Å²) in [4.78, 5) is 17.4. The zero-order valence-corrected chi connectivity index (χ0v) is 19.3. The minimum Gasteiger partial charge on any atom is -0.299 e. The Bertz CT molecular complexity index is 1210. The van der Waals surface area contributed by atoms with Gasteiger partial charge >= 0.3 is 0 Å². The van der Waals surface area contributed by atoms with E-state index in [0.29, 0.717) is 11.8 Å². The molecule has 2 atom stereocenters. The second-order valence-electron chi connectivity index (χ2n) is 9.61. The van der Waals surface area contributed by atoms with Gasteiger partial charge in [-0.2, -0.15) is 0 Å². The Morgan fingerprint density at radius 1 is 0.971 bits per heavy atom. The van der Waals surface area contributed by atoms with Crippen molar-refractivity contribution in [2.24, 2.45) is 0 Å². The number of fused-ring (bicyclic) bond motifs is 1. The van der Waals surface area contributed by atoms with E-state index in [1.54, 1.807) is 0 Å². The van der Waals surface area contributed by atoms with Gasteiger partial charge in [-0.3, -0.25) is 9.78 Å². The van der Waals surface area contributed by atoms with Crippen LogP contribution in [0.5, 0.6) is 0 Å². The highest BCUT2D eigenvalue weighted by molar-refractivity contribution is 5.83. The number of nitrogens with zero attached hydrogens (tertiary/aromatic N) is 1. The van der Waals surface area contributed by atoms with Gasteiger partial charge in [-0.05, 0) is 78.5 Å². The molecule has 0 radical (unpaired) electrons. The van der Waals surface area contributed by atoms with Crippen LogP contribution in [0.15, 0.2) is 60.8 Å². The molecule has 0 bridgehead atoms. The molecule has 1 heterocycles. The van der Waals surface area contributed by atoms with E-state index < -0.39 is 11.6 Å². The van der Waals surface area contributed by atoms with E-state index in [-0.39, 0.29) is 24.2 Å². The summed E-state index contributed by atoms with van der Waals surface area (Å²) in [5.41, 5.74) is 5.95. The third kappa shape index (κ3) is 4.86. The van der Waals surface area contributed by atoms with Crippen molar-refractivity contribution in [1.82, 2.24) is 4.98 Å². The lowest BCUT2D eigenvalue weighted by atomic mass is 9.75. The molecule has 2 nitrogen and oxygen atoms in total. The molecule has 3 aromatic rings. The Morgan fingerprint density at radius 3 is 2.62 bits per heavy atom. The molecule has 1 saturated carbocycles. The number of Topliss-reactive ketones (excluding diaryl/α,β-unsaturated/α-hetero) is 1. The van der Waals surface area contributed by atoms with Crippen LogP contribution in [-0.4, -0.2) is 10.8 Å². The second-order valence-corrected chi connectivity index (χ2v) is 9.61. The van der Waals surface area contributed by atoms with Crippen LogP contribution < -0.4 is 0 Å². The molecule has 2 aromatic carbocycles. The van der Waals surface area contributed by atoms with Gasteiger partial charge in [0.25, 0.3) is 0 Å². The highest BCUT2D eigenvalue weighted by atomic mass is 19.1. The largest absolute Gasteiger partial charge is 0.299 e. The fraction of sp³-hybridized carbons (Fsp3) is 0.333. The van der Waals surface area contributed by atoms with Crippen LogP contribution in [0, 0.1) is 11.6 Å². The van der Waals surface area contributed by atoms with E-state index in [1.807, 2.05) is 18.3 Å². The summed E-state index contributed by atoms with van der Waals surface area (Å²) in [7, 11) is 0. The summed E-state index contributed by atoms with van der Waals surface area (Å²) in [5, 5.41) is 0. The van der Waals surface area contributed by atoms with Gasteiger partial charge in [-0.1, -0.05) is 48.9 Å². The third-order valence-electron chi connectivity index (χ3n) is 7.30. The highest BCUT2D eigenvalue weighted by Crippen LogP contribution is 2.42. The quantitative estimate of drug-likeness (QED) is 0.395. The van der Waals surface area contributed by atoms with Crippen molar-refractivity contribution in [3.05, 3.63) is 106 Å². The molecule has 0 spiro atoms. The van der Waals surface area contributed by atoms with E-state index in [4.69, 9.17) is 4.98 Å². The van der Waals surface area contributed by atoms with E-state index >= 15 is 0 Å². The number of allylic oxidation sites excluding steroid dienone is 1. The maximum Gasteiger partial charge on any atom is 0.141 e. The van der Waals surface area contributed by atoms with Gasteiger partial charge in [0.15, 0.2) is 0 Å². The fourth-order valence-electron chi connectivity index (χ4n) is 5.59. The molecule has 5 rings (SSSR count). The van der Waals surface area contributed by atoms with Gasteiger partial charge < -0.3 is 0 Å². The van der Waals surface area contributed by atoms with Crippen molar-refractivity contribution < 1.29 is 13.6 Å². The van der Waals surface area contributed by atoms with E-state index in [2.05, 4.69) is 30.4 Å². The first-order chi connectivity index (χ1) is 16.6. The first-order valence-electron chi connectivity index (χ1n) is 12.3. The summed E-state index contributed by atoms with van der Waals surface area (Å²) < 4.78 is 27.9. The van der Waals surface area contributed by atoms with Crippen LogP contribution in [0.2, 0.25) is 0 Å². The van der Waals surface area contributed by atoms with E-state index in [0.717, 1.165) is 44.1 Å². The third-order valence-corrected chi connectivity index (χ3v) is 7.30. The number of halogens is 2. The van der Waals surface area contributed by atoms with Crippen molar-refractivity contribution in [3.63, 3.8) is 0 Å². The normalized spacial score (nSPS) is 19.6. The van der Waals surface area contributed by atoms with Gasteiger partial charge in [-0.15, -0.1) is 0 Å². The summed E-state index contributed by atoms with van der Waals surface area (Å²) in [6.07, 6.45) is 13.1. The predicted octanol–water partition coefficient (Wildman–Crippen LogP) is 7.11.